The van der Waals surface area contributed by atoms with Crippen molar-refractivity contribution in [1.82, 2.24) is 0 Å². The Labute approximate surface area is 121 Å². The second-order valence-corrected chi connectivity index (χ2v) is 7.60. The molecule has 6 heteroatoms. The van der Waals surface area contributed by atoms with Gasteiger partial charge < -0.3 is 17.3 Å². The van der Waals surface area contributed by atoms with Crippen molar-refractivity contribution in [2.75, 3.05) is 0 Å². The van der Waals surface area contributed by atoms with E-state index in [9.17, 15) is 17.3 Å². The smallest absolute Gasteiger partial charge is 0.418 e. The molecule has 1 atom stereocenters. The van der Waals surface area contributed by atoms with Gasteiger partial charge in [-0.2, -0.15) is 0 Å². The largest absolute Gasteiger partial charge is 0.673 e. The molecule has 1 aromatic carbocycles. The van der Waals surface area contributed by atoms with E-state index in [0.29, 0.717) is 0 Å². The molecule has 0 aliphatic rings. The Morgan fingerprint density at radius 3 is 1.50 bits per heavy atom. The van der Waals surface area contributed by atoms with Gasteiger partial charge >= 0.3 is 7.25 Å². The van der Waals surface area contributed by atoms with Crippen LogP contribution in [0.1, 0.15) is 52.7 Å². The Hall–Kier alpha value is -0.565. The van der Waals surface area contributed by atoms with Gasteiger partial charge in [0.2, 0.25) is 0 Å². The van der Waals surface area contributed by atoms with Crippen LogP contribution in [0.25, 0.3) is 0 Å². The molecule has 0 spiro atoms. The predicted molar refractivity (Wildman–Crippen MR) is 84.8 cm³/mol. The van der Waals surface area contributed by atoms with Crippen molar-refractivity contribution in [3.63, 3.8) is 0 Å². The van der Waals surface area contributed by atoms with Crippen molar-refractivity contribution >= 4 is 21.8 Å². The van der Waals surface area contributed by atoms with Gasteiger partial charge in [0.15, 0.2) is 0 Å². The maximum absolute atomic E-state index is 9.75. The summed E-state index contributed by atoms with van der Waals surface area (Å²) in [5, 5.41) is 1.44. The predicted octanol–water partition coefficient (Wildman–Crippen LogP) is 4.81. The lowest BCUT2D eigenvalue weighted by Gasteiger charge is -2.30. The molecule has 20 heavy (non-hydrogen) atoms. The summed E-state index contributed by atoms with van der Waals surface area (Å²) in [5.74, 6) is 0. The molecule has 116 valence electrons. The molecule has 0 nitrogen and oxygen atoms in total. The zero-order valence-corrected chi connectivity index (χ0v) is 14.4. The Kier molecular flexibility index (Phi) is 6.29. The molecule has 0 N–H and O–H groups in total. The van der Waals surface area contributed by atoms with Crippen LogP contribution in [0, 0.1) is 0 Å². The van der Waals surface area contributed by atoms with Crippen LogP contribution in [-0.2, 0) is 10.8 Å². The summed E-state index contributed by atoms with van der Waals surface area (Å²) >= 11 is 0. The first-order valence-corrected chi connectivity index (χ1v) is 7.18. The number of benzene rings is 1. The highest BCUT2D eigenvalue weighted by atomic mass is 31.0. The van der Waals surface area contributed by atoms with Crippen molar-refractivity contribution < 1.29 is 17.3 Å². The molecule has 0 saturated heterocycles. The average molecular weight is 310 g/mol. The second kappa shape index (κ2) is 6.47. The minimum Gasteiger partial charge on any atom is -0.418 e. The molecule has 0 aromatic heterocycles. The van der Waals surface area contributed by atoms with Crippen LogP contribution in [0.3, 0.4) is 0 Å². The van der Waals surface area contributed by atoms with E-state index in [1.54, 1.807) is 0 Å². The maximum atomic E-state index is 9.75. The normalized spacial score (nSPS) is 12.9. The van der Waals surface area contributed by atoms with E-state index >= 15 is 0 Å². The Morgan fingerprint density at radius 2 is 1.25 bits per heavy atom. The van der Waals surface area contributed by atoms with Gasteiger partial charge in [-0.15, -0.1) is 0 Å². The van der Waals surface area contributed by atoms with Crippen molar-refractivity contribution in [1.29, 1.82) is 0 Å². The molecule has 1 rings (SSSR count). The lowest BCUT2D eigenvalue weighted by atomic mass is 9.75. The van der Waals surface area contributed by atoms with E-state index in [2.05, 4.69) is 59.7 Å². The van der Waals surface area contributed by atoms with Crippen LogP contribution in [0.4, 0.5) is 17.3 Å². The fourth-order valence-electron chi connectivity index (χ4n) is 2.11. The highest BCUT2D eigenvalue weighted by Gasteiger charge is 2.27. The molecular formula is C14H24BF4P. The summed E-state index contributed by atoms with van der Waals surface area (Å²) in [6.07, 6.45) is 0. The van der Waals surface area contributed by atoms with Crippen LogP contribution in [0.2, 0.25) is 0 Å². The van der Waals surface area contributed by atoms with Gasteiger partial charge in [-0.3, -0.25) is 0 Å². The third-order valence-corrected chi connectivity index (χ3v) is 3.30. The topological polar surface area (TPSA) is 0 Å². The van der Waals surface area contributed by atoms with Crippen LogP contribution in [0.5, 0.6) is 0 Å². The highest BCUT2D eigenvalue weighted by molar-refractivity contribution is 7.27. The van der Waals surface area contributed by atoms with E-state index in [-0.39, 0.29) is 10.8 Å². The molecule has 0 aliphatic carbocycles. The van der Waals surface area contributed by atoms with Crippen molar-refractivity contribution in [3.8, 4) is 0 Å². The molecule has 0 saturated carbocycles. The number of hydrogen-bond donors (Lipinski definition) is 0. The summed E-state index contributed by atoms with van der Waals surface area (Å²) < 4.78 is 39.0. The quantitative estimate of drug-likeness (QED) is 0.366. The second-order valence-electron chi connectivity index (χ2n) is 6.83. The average Bonchev–Trinajstić information content (AvgIpc) is 2.10. The van der Waals surface area contributed by atoms with E-state index in [0.717, 1.165) is 0 Å². The highest BCUT2D eigenvalue weighted by Crippen LogP contribution is 2.33. The molecule has 0 heterocycles. The summed E-state index contributed by atoms with van der Waals surface area (Å²) in [4.78, 5) is 0. The molecule has 1 aromatic rings. The lowest BCUT2D eigenvalue weighted by molar-refractivity contribution is 0.368. The lowest BCUT2D eigenvalue weighted by Crippen LogP contribution is -2.27. The number of rotatable bonds is 0. The SMILES string of the molecule is CC(C)(C)c1cccc([PH3+])c1C(C)(C)C.F[B-](F)(F)F. The first-order valence-electron chi connectivity index (χ1n) is 6.47. The molecule has 0 fully saturated rings. The molecule has 0 bridgehead atoms. The minimum absolute atomic E-state index is 0.235. The zero-order valence-electron chi connectivity index (χ0n) is 13.0. The number of halogens is 4. The standard InChI is InChI=1S/C14H23P.BF4/c1-13(2,3)10-8-7-9-11(15)12(10)14(4,5)6;2-1(3,4)5/h7-9H,15H2,1-6H3;/q;-1/p+1. The molecular weight excluding hydrogens is 286 g/mol. The Balaban J connectivity index is 0.000000621. The van der Waals surface area contributed by atoms with Crippen LogP contribution >= 0.6 is 9.24 Å². The van der Waals surface area contributed by atoms with Gasteiger partial charge in [-0.1, -0.05) is 53.7 Å². The summed E-state index contributed by atoms with van der Waals surface area (Å²) in [7, 11) is -4.00. The fourth-order valence-corrected chi connectivity index (χ4v) is 2.97. The van der Waals surface area contributed by atoms with E-state index in [1.807, 2.05) is 9.24 Å². The van der Waals surface area contributed by atoms with Gasteiger partial charge in [0.1, 0.15) is 0 Å². The van der Waals surface area contributed by atoms with Crippen LogP contribution < -0.4 is 5.30 Å². The van der Waals surface area contributed by atoms with E-state index in [1.165, 1.54) is 16.4 Å². The van der Waals surface area contributed by atoms with Gasteiger partial charge in [0.05, 0.1) is 5.30 Å². The van der Waals surface area contributed by atoms with Gasteiger partial charge in [0, 0.05) is 14.8 Å². The van der Waals surface area contributed by atoms with Crippen molar-refractivity contribution in [2.45, 2.75) is 52.4 Å². The fraction of sp³-hybridized carbons (Fsp3) is 0.571. The minimum atomic E-state index is -6.00. The Bertz CT molecular complexity index is 436. The zero-order chi connectivity index (χ0) is 16.4. The molecule has 0 radical (unpaired) electrons. The monoisotopic (exact) mass is 310 g/mol. The summed E-state index contributed by atoms with van der Waals surface area (Å²) in [6.45, 7) is 13.8. The first-order chi connectivity index (χ1) is 8.64. The molecule has 1 unspecified atom stereocenters. The first kappa shape index (κ1) is 19.4. The van der Waals surface area contributed by atoms with E-state index < -0.39 is 7.25 Å². The van der Waals surface area contributed by atoms with Crippen molar-refractivity contribution in [2.24, 2.45) is 0 Å². The van der Waals surface area contributed by atoms with E-state index in [4.69, 9.17) is 0 Å². The molecule has 0 aliphatic heterocycles. The van der Waals surface area contributed by atoms with Crippen LogP contribution in [-0.4, -0.2) is 7.25 Å². The van der Waals surface area contributed by atoms with Crippen molar-refractivity contribution in [3.05, 3.63) is 29.3 Å². The summed E-state index contributed by atoms with van der Waals surface area (Å²) in [6, 6.07) is 6.69. The van der Waals surface area contributed by atoms with Gasteiger partial charge in [-0.05, 0) is 22.5 Å². The molecule has 0 amide bonds. The van der Waals surface area contributed by atoms with Gasteiger partial charge in [-0.25, -0.2) is 0 Å². The number of hydrogen-bond acceptors (Lipinski definition) is 0. The Morgan fingerprint density at radius 1 is 0.850 bits per heavy atom. The van der Waals surface area contributed by atoms with Gasteiger partial charge in [0.25, 0.3) is 0 Å². The van der Waals surface area contributed by atoms with Crippen LogP contribution in [0.15, 0.2) is 18.2 Å². The summed E-state index contributed by atoms with van der Waals surface area (Å²) in [5.41, 5.74) is 3.48. The third kappa shape index (κ3) is 7.28. The maximum Gasteiger partial charge on any atom is 0.673 e. The third-order valence-electron chi connectivity index (χ3n) is 2.71.